The second-order valence-electron chi connectivity index (χ2n) is 1.69. The lowest BCUT2D eigenvalue weighted by Crippen LogP contribution is -2.19. The first kappa shape index (κ1) is 9.62. The zero-order valence-electron chi connectivity index (χ0n) is 6.43. The lowest BCUT2D eigenvalue weighted by Gasteiger charge is -2.02. The first-order chi connectivity index (χ1) is 4.91. The van der Waals surface area contributed by atoms with Gasteiger partial charge in [-0.1, -0.05) is 6.08 Å². The van der Waals surface area contributed by atoms with Gasteiger partial charge in [-0.25, -0.2) is 5.48 Å². The van der Waals surface area contributed by atoms with Gasteiger partial charge in [-0.3, -0.25) is 0 Å². The van der Waals surface area contributed by atoms with Crippen LogP contribution in [0, 0.1) is 0 Å². The predicted octanol–water partition coefficient (Wildman–Crippen LogP) is 0.730. The van der Waals surface area contributed by atoms with E-state index in [0.29, 0.717) is 19.8 Å². The van der Waals surface area contributed by atoms with E-state index in [1.54, 1.807) is 6.08 Å². The molecule has 0 fully saturated rings. The molecule has 0 heterocycles. The van der Waals surface area contributed by atoms with E-state index in [1.165, 1.54) is 0 Å². The van der Waals surface area contributed by atoms with Gasteiger partial charge in [0.2, 0.25) is 0 Å². The fraction of sp³-hybridized carbons (Fsp3) is 0.714. The second kappa shape index (κ2) is 8.62. The first-order valence-corrected chi connectivity index (χ1v) is 3.45. The van der Waals surface area contributed by atoms with Crippen LogP contribution >= 0.6 is 0 Å². The van der Waals surface area contributed by atoms with E-state index < -0.39 is 0 Å². The van der Waals surface area contributed by atoms with E-state index in [0.717, 1.165) is 6.54 Å². The Morgan fingerprint density at radius 2 is 2.40 bits per heavy atom. The number of rotatable bonds is 7. The average molecular weight is 145 g/mol. The standard InChI is InChI=1S/C7H15NO2/c1-3-6-9-7-5-8-10-4-2/h3,8H,1,4-7H2,2H3. The largest absolute Gasteiger partial charge is 0.376 e. The maximum absolute atomic E-state index is 5.07. The normalized spacial score (nSPS) is 9.70. The topological polar surface area (TPSA) is 30.5 Å². The third kappa shape index (κ3) is 7.62. The molecule has 0 amide bonds. The molecule has 0 saturated carbocycles. The van der Waals surface area contributed by atoms with Crippen molar-refractivity contribution in [3.8, 4) is 0 Å². The summed E-state index contributed by atoms with van der Waals surface area (Å²) in [5, 5.41) is 0. The second-order valence-corrected chi connectivity index (χ2v) is 1.69. The van der Waals surface area contributed by atoms with Gasteiger partial charge in [-0.15, -0.1) is 6.58 Å². The molecule has 0 bridgehead atoms. The quantitative estimate of drug-likeness (QED) is 0.325. The van der Waals surface area contributed by atoms with Gasteiger partial charge in [0, 0.05) is 6.54 Å². The van der Waals surface area contributed by atoms with Crippen LogP contribution in [0.4, 0.5) is 0 Å². The number of hydrogen-bond acceptors (Lipinski definition) is 3. The van der Waals surface area contributed by atoms with Gasteiger partial charge >= 0.3 is 0 Å². The Morgan fingerprint density at radius 1 is 1.60 bits per heavy atom. The SMILES string of the molecule is C=CCOCCNOCC. The summed E-state index contributed by atoms with van der Waals surface area (Å²) in [7, 11) is 0. The molecular formula is C7H15NO2. The van der Waals surface area contributed by atoms with Crippen LogP contribution in [0.15, 0.2) is 12.7 Å². The number of hydroxylamine groups is 1. The minimum Gasteiger partial charge on any atom is -0.376 e. The predicted molar refractivity (Wildman–Crippen MR) is 40.6 cm³/mol. The van der Waals surface area contributed by atoms with Crippen molar-refractivity contribution >= 4 is 0 Å². The first-order valence-electron chi connectivity index (χ1n) is 3.45. The molecule has 0 aromatic heterocycles. The third-order valence-electron chi connectivity index (χ3n) is 0.831. The fourth-order valence-electron chi connectivity index (χ4n) is 0.455. The van der Waals surface area contributed by atoms with Crippen molar-refractivity contribution in [3.63, 3.8) is 0 Å². The Kier molecular flexibility index (Phi) is 8.29. The average Bonchev–Trinajstić information content (AvgIpc) is 1.97. The Labute approximate surface area is 62.0 Å². The smallest absolute Gasteiger partial charge is 0.0653 e. The van der Waals surface area contributed by atoms with Gasteiger partial charge in [-0.2, -0.15) is 0 Å². The maximum Gasteiger partial charge on any atom is 0.0653 e. The van der Waals surface area contributed by atoms with Crippen molar-refractivity contribution in [1.29, 1.82) is 0 Å². The van der Waals surface area contributed by atoms with Gasteiger partial charge in [-0.05, 0) is 6.92 Å². The Balaban J connectivity index is 2.70. The molecule has 0 unspecified atom stereocenters. The van der Waals surface area contributed by atoms with E-state index in [2.05, 4.69) is 12.1 Å². The van der Waals surface area contributed by atoms with Crippen LogP contribution in [-0.2, 0) is 9.57 Å². The van der Waals surface area contributed by atoms with Gasteiger partial charge in [0.15, 0.2) is 0 Å². The molecule has 0 rings (SSSR count). The summed E-state index contributed by atoms with van der Waals surface area (Å²) in [5.41, 5.74) is 2.73. The molecule has 0 aromatic rings. The summed E-state index contributed by atoms with van der Waals surface area (Å²) in [6, 6.07) is 0. The Hall–Kier alpha value is -0.380. The third-order valence-corrected chi connectivity index (χ3v) is 0.831. The van der Waals surface area contributed by atoms with E-state index in [-0.39, 0.29) is 0 Å². The van der Waals surface area contributed by atoms with E-state index in [1.807, 2.05) is 6.92 Å². The molecule has 0 aliphatic heterocycles. The Morgan fingerprint density at radius 3 is 3.00 bits per heavy atom. The van der Waals surface area contributed by atoms with Gasteiger partial charge < -0.3 is 9.57 Å². The van der Waals surface area contributed by atoms with Crippen LogP contribution in [0.1, 0.15) is 6.92 Å². The fourth-order valence-corrected chi connectivity index (χ4v) is 0.455. The molecule has 0 aliphatic rings. The van der Waals surface area contributed by atoms with Gasteiger partial charge in [0.05, 0.1) is 19.8 Å². The molecular weight excluding hydrogens is 130 g/mol. The van der Waals surface area contributed by atoms with E-state index >= 15 is 0 Å². The van der Waals surface area contributed by atoms with Crippen LogP contribution in [0.2, 0.25) is 0 Å². The van der Waals surface area contributed by atoms with Crippen LogP contribution < -0.4 is 5.48 Å². The minimum atomic E-state index is 0.605. The highest BCUT2D eigenvalue weighted by Crippen LogP contribution is 1.73. The minimum absolute atomic E-state index is 0.605. The summed E-state index contributed by atoms with van der Waals surface area (Å²) in [6.07, 6.45) is 1.72. The van der Waals surface area contributed by atoms with Crippen molar-refractivity contribution < 1.29 is 9.57 Å². The monoisotopic (exact) mass is 145 g/mol. The maximum atomic E-state index is 5.07. The summed E-state index contributed by atoms with van der Waals surface area (Å²) in [4.78, 5) is 4.86. The van der Waals surface area contributed by atoms with Crippen LogP contribution in [0.3, 0.4) is 0 Å². The van der Waals surface area contributed by atoms with Crippen molar-refractivity contribution in [2.75, 3.05) is 26.4 Å². The zero-order chi connectivity index (χ0) is 7.66. The summed E-state index contributed by atoms with van der Waals surface area (Å²) in [6.45, 7) is 8.12. The molecule has 3 heteroatoms. The van der Waals surface area contributed by atoms with Crippen LogP contribution in [-0.4, -0.2) is 26.4 Å². The van der Waals surface area contributed by atoms with Gasteiger partial charge in [0.1, 0.15) is 0 Å². The van der Waals surface area contributed by atoms with Crippen molar-refractivity contribution in [1.82, 2.24) is 5.48 Å². The highest BCUT2D eigenvalue weighted by Gasteiger charge is 1.83. The van der Waals surface area contributed by atoms with Crippen molar-refractivity contribution in [2.45, 2.75) is 6.92 Å². The number of nitrogens with one attached hydrogen (secondary N) is 1. The molecule has 0 atom stereocenters. The van der Waals surface area contributed by atoms with Crippen molar-refractivity contribution in [2.24, 2.45) is 0 Å². The molecule has 60 valence electrons. The van der Waals surface area contributed by atoms with Crippen molar-refractivity contribution in [3.05, 3.63) is 12.7 Å². The lowest BCUT2D eigenvalue weighted by atomic mass is 10.7. The summed E-state index contributed by atoms with van der Waals surface area (Å²) < 4.78 is 5.07. The zero-order valence-corrected chi connectivity index (χ0v) is 6.43. The van der Waals surface area contributed by atoms with Crippen LogP contribution in [0.5, 0.6) is 0 Å². The highest BCUT2D eigenvalue weighted by atomic mass is 16.6. The molecule has 1 N–H and O–H groups in total. The molecule has 10 heavy (non-hydrogen) atoms. The van der Waals surface area contributed by atoms with E-state index in [9.17, 15) is 0 Å². The highest BCUT2D eigenvalue weighted by molar-refractivity contribution is 4.63. The molecule has 0 aliphatic carbocycles. The van der Waals surface area contributed by atoms with E-state index in [4.69, 9.17) is 9.57 Å². The number of hydrogen-bond donors (Lipinski definition) is 1. The molecule has 0 saturated heterocycles. The molecule has 0 spiro atoms. The Bertz CT molecular complexity index is 76.0. The molecule has 0 aromatic carbocycles. The lowest BCUT2D eigenvalue weighted by molar-refractivity contribution is 0.0314. The molecule has 3 nitrogen and oxygen atoms in total. The molecule has 0 radical (unpaired) electrons. The van der Waals surface area contributed by atoms with Gasteiger partial charge in [0.25, 0.3) is 0 Å². The summed E-state index contributed by atoms with van der Waals surface area (Å²) in [5.74, 6) is 0. The van der Waals surface area contributed by atoms with Crippen LogP contribution in [0.25, 0.3) is 0 Å². The number of ether oxygens (including phenoxy) is 1. The summed E-state index contributed by atoms with van der Waals surface area (Å²) >= 11 is 0.